The molecule has 0 heterocycles. The predicted molar refractivity (Wildman–Crippen MR) is 63.6 cm³/mol. The molecule has 0 saturated heterocycles. The molecule has 0 atom stereocenters. The standard InChI is InChI=1S/C14H18O3/c1-2-3-4-11-5-7-12(8-6-11)13(15)9-10-14(16)17/h5-8H,2-4,9-10H2,1H3,(H,16,17)/p-1. The van der Waals surface area contributed by atoms with Crippen LogP contribution < -0.4 is 5.11 Å². The molecule has 0 bridgehead atoms. The lowest BCUT2D eigenvalue weighted by molar-refractivity contribution is -0.305. The van der Waals surface area contributed by atoms with Gasteiger partial charge in [0.1, 0.15) is 0 Å². The Bertz CT molecular complexity index is 379. The lowest BCUT2D eigenvalue weighted by atomic mass is 10.0. The fourth-order valence-corrected chi connectivity index (χ4v) is 1.60. The summed E-state index contributed by atoms with van der Waals surface area (Å²) in [6.45, 7) is 2.14. The van der Waals surface area contributed by atoms with Crippen LogP contribution >= 0.6 is 0 Å². The second-order valence-electron chi connectivity index (χ2n) is 4.10. The van der Waals surface area contributed by atoms with Gasteiger partial charge in [0.25, 0.3) is 0 Å². The SMILES string of the molecule is CCCCc1ccc(C(=O)CCC(=O)[O-])cc1. The van der Waals surface area contributed by atoms with E-state index in [2.05, 4.69) is 6.92 Å². The zero-order chi connectivity index (χ0) is 12.7. The Morgan fingerprint density at radius 3 is 2.29 bits per heavy atom. The number of hydrogen-bond donors (Lipinski definition) is 0. The van der Waals surface area contributed by atoms with Gasteiger partial charge in [0.2, 0.25) is 0 Å². The van der Waals surface area contributed by atoms with Gasteiger partial charge in [-0.15, -0.1) is 0 Å². The average Bonchev–Trinajstić information content (AvgIpc) is 2.34. The summed E-state index contributed by atoms with van der Waals surface area (Å²) in [4.78, 5) is 21.8. The molecule has 1 aromatic carbocycles. The minimum Gasteiger partial charge on any atom is -0.550 e. The summed E-state index contributed by atoms with van der Waals surface area (Å²) in [5, 5.41) is 10.2. The first-order valence-electron chi connectivity index (χ1n) is 5.95. The van der Waals surface area contributed by atoms with Crippen LogP contribution in [-0.4, -0.2) is 11.8 Å². The number of hydrogen-bond acceptors (Lipinski definition) is 3. The monoisotopic (exact) mass is 233 g/mol. The molecule has 0 amide bonds. The van der Waals surface area contributed by atoms with E-state index in [1.807, 2.05) is 12.1 Å². The topological polar surface area (TPSA) is 57.2 Å². The fourth-order valence-electron chi connectivity index (χ4n) is 1.60. The molecule has 0 aliphatic carbocycles. The molecule has 0 saturated carbocycles. The van der Waals surface area contributed by atoms with Crippen molar-refractivity contribution in [2.45, 2.75) is 39.0 Å². The summed E-state index contributed by atoms with van der Waals surface area (Å²) >= 11 is 0. The van der Waals surface area contributed by atoms with Crippen LogP contribution in [0.15, 0.2) is 24.3 Å². The summed E-state index contributed by atoms with van der Waals surface area (Å²) in [6, 6.07) is 7.40. The second kappa shape index (κ2) is 6.84. The number of ketones is 1. The Morgan fingerprint density at radius 1 is 1.12 bits per heavy atom. The number of rotatable bonds is 7. The van der Waals surface area contributed by atoms with Crippen LogP contribution in [0, 0.1) is 0 Å². The highest BCUT2D eigenvalue weighted by molar-refractivity contribution is 5.97. The van der Waals surface area contributed by atoms with Gasteiger partial charge in [-0.3, -0.25) is 4.79 Å². The Labute approximate surface area is 101 Å². The van der Waals surface area contributed by atoms with Crippen LogP contribution in [0.4, 0.5) is 0 Å². The van der Waals surface area contributed by atoms with Crippen LogP contribution in [0.25, 0.3) is 0 Å². The summed E-state index contributed by atoms with van der Waals surface area (Å²) in [5.41, 5.74) is 1.79. The zero-order valence-electron chi connectivity index (χ0n) is 10.1. The Hall–Kier alpha value is -1.64. The third-order valence-electron chi connectivity index (χ3n) is 2.65. The molecule has 17 heavy (non-hydrogen) atoms. The van der Waals surface area contributed by atoms with Gasteiger partial charge in [0, 0.05) is 18.0 Å². The quantitative estimate of drug-likeness (QED) is 0.674. The first-order chi connectivity index (χ1) is 8.13. The molecule has 0 aliphatic heterocycles. The smallest absolute Gasteiger partial charge is 0.163 e. The molecule has 0 aliphatic rings. The van der Waals surface area contributed by atoms with Crippen molar-refractivity contribution < 1.29 is 14.7 Å². The van der Waals surface area contributed by atoms with Gasteiger partial charge in [-0.2, -0.15) is 0 Å². The first kappa shape index (κ1) is 13.4. The van der Waals surface area contributed by atoms with E-state index in [0.717, 1.165) is 19.3 Å². The van der Waals surface area contributed by atoms with Crippen molar-refractivity contribution in [1.29, 1.82) is 0 Å². The van der Waals surface area contributed by atoms with Crippen molar-refractivity contribution in [1.82, 2.24) is 0 Å². The predicted octanol–water partition coefficient (Wildman–Crippen LogP) is 1.74. The minimum atomic E-state index is -1.18. The number of unbranched alkanes of at least 4 members (excludes halogenated alkanes) is 1. The number of carboxylic acid groups (broad SMARTS) is 1. The van der Waals surface area contributed by atoms with E-state index in [0.29, 0.717) is 5.56 Å². The van der Waals surface area contributed by atoms with Crippen molar-refractivity contribution in [2.75, 3.05) is 0 Å². The summed E-state index contributed by atoms with van der Waals surface area (Å²) in [5.74, 6) is -1.32. The van der Waals surface area contributed by atoms with Gasteiger partial charge in [-0.25, -0.2) is 0 Å². The van der Waals surface area contributed by atoms with Crippen LogP contribution in [0.1, 0.15) is 48.5 Å². The number of benzene rings is 1. The van der Waals surface area contributed by atoms with E-state index in [-0.39, 0.29) is 18.6 Å². The molecule has 0 unspecified atom stereocenters. The van der Waals surface area contributed by atoms with Gasteiger partial charge >= 0.3 is 0 Å². The lowest BCUT2D eigenvalue weighted by Crippen LogP contribution is -2.22. The fraction of sp³-hybridized carbons (Fsp3) is 0.429. The molecule has 0 fully saturated rings. The highest BCUT2D eigenvalue weighted by atomic mass is 16.4. The number of aliphatic carboxylic acids is 1. The maximum Gasteiger partial charge on any atom is 0.163 e. The van der Waals surface area contributed by atoms with Crippen LogP contribution in [-0.2, 0) is 11.2 Å². The van der Waals surface area contributed by atoms with Gasteiger partial charge in [0.05, 0.1) is 0 Å². The zero-order valence-corrected chi connectivity index (χ0v) is 10.1. The highest BCUT2D eigenvalue weighted by Crippen LogP contribution is 2.10. The Kier molecular flexibility index (Phi) is 5.40. The molecule has 0 aromatic heterocycles. The van der Waals surface area contributed by atoms with E-state index < -0.39 is 5.97 Å². The molecular weight excluding hydrogens is 216 g/mol. The number of carbonyl (C=O) groups is 2. The largest absolute Gasteiger partial charge is 0.550 e. The van der Waals surface area contributed by atoms with Gasteiger partial charge in [-0.05, 0) is 24.8 Å². The summed E-state index contributed by atoms with van der Waals surface area (Å²) < 4.78 is 0. The highest BCUT2D eigenvalue weighted by Gasteiger charge is 2.05. The van der Waals surface area contributed by atoms with E-state index in [1.54, 1.807) is 12.1 Å². The summed E-state index contributed by atoms with van der Waals surface area (Å²) in [6.07, 6.45) is 3.10. The summed E-state index contributed by atoms with van der Waals surface area (Å²) in [7, 11) is 0. The van der Waals surface area contributed by atoms with Crippen LogP contribution in [0.3, 0.4) is 0 Å². The molecular formula is C14H17O3-. The van der Waals surface area contributed by atoms with Crippen molar-refractivity contribution in [3.63, 3.8) is 0 Å². The first-order valence-corrected chi connectivity index (χ1v) is 5.95. The molecule has 1 aromatic rings. The molecule has 3 heteroatoms. The van der Waals surface area contributed by atoms with E-state index in [1.165, 1.54) is 5.56 Å². The molecule has 0 N–H and O–H groups in total. The molecule has 92 valence electrons. The van der Waals surface area contributed by atoms with E-state index in [4.69, 9.17) is 0 Å². The molecule has 0 radical (unpaired) electrons. The normalized spacial score (nSPS) is 10.2. The van der Waals surface area contributed by atoms with Crippen molar-refractivity contribution in [3.05, 3.63) is 35.4 Å². The van der Waals surface area contributed by atoms with Crippen molar-refractivity contribution in [3.8, 4) is 0 Å². The van der Waals surface area contributed by atoms with Crippen LogP contribution in [0.2, 0.25) is 0 Å². The van der Waals surface area contributed by atoms with Crippen molar-refractivity contribution >= 4 is 11.8 Å². The maximum absolute atomic E-state index is 11.6. The molecule has 0 spiro atoms. The third-order valence-corrected chi connectivity index (χ3v) is 2.65. The number of carbonyl (C=O) groups excluding carboxylic acids is 2. The van der Waals surface area contributed by atoms with E-state index >= 15 is 0 Å². The van der Waals surface area contributed by atoms with Crippen LogP contribution in [0.5, 0.6) is 0 Å². The number of Topliss-reactive ketones (excluding diaryl/α,β-unsaturated/α-hetero) is 1. The maximum atomic E-state index is 11.6. The minimum absolute atomic E-state index is 0.0106. The Morgan fingerprint density at radius 2 is 1.76 bits per heavy atom. The van der Waals surface area contributed by atoms with Gasteiger partial charge < -0.3 is 9.90 Å². The lowest BCUT2D eigenvalue weighted by Gasteiger charge is -2.04. The third kappa shape index (κ3) is 4.81. The number of aryl methyl sites for hydroxylation is 1. The van der Waals surface area contributed by atoms with Gasteiger partial charge in [0.15, 0.2) is 5.78 Å². The second-order valence-corrected chi connectivity index (χ2v) is 4.10. The Balaban J connectivity index is 2.54. The number of carboxylic acids is 1. The van der Waals surface area contributed by atoms with E-state index in [9.17, 15) is 14.7 Å². The molecule has 3 nitrogen and oxygen atoms in total. The van der Waals surface area contributed by atoms with Crippen molar-refractivity contribution in [2.24, 2.45) is 0 Å². The molecule has 1 rings (SSSR count). The average molecular weight is 233 g/mol. The van der Waals surface area contributed by atoms with Gasteiger partial charge in [-0.1, -0.05) is 37.6 Å².